The molecule has 1 aromatic carbocycles. The van der Waals surface area contributed by atoms with Gasteiger partial charge in [0.1, 0.15) is 5.82 Å². The molecule has 0 spiro atoms. The summed E-state index contributed by atoms with van der Waals surface area (Å²) < 4.78 is 13.6. The summed E-state index contributed by atoms with van der Waals surface area (Å²) in [6, 6.07) is 4.05. The Morgan fingerprint density at radius 2 is 2.31 bits per heavy atom. The van der Waals surface area contributed by atoms with Crippen LogP contribution in [0, 0.1) is 5.82 Å². The molecular formula is C12H14FNO2. The van der Waals surface area contributed by atoms with Crippen LogP contribution in [0.3, 0.4) is 0 Å². The van der Waals surface area contributed by atoms with E-state index in [1.165, 1.54) is 18.2 Å². The molecule has 16 heavy (non-hydrogen) atoms. The Hall–Kier alpha value is -1.84. The number of carboxylic acid groups (broad SMARTS) is 1. The molecule has 1 N–H and O–H groups in total. The van der Waals surface area contributed by atoms with Gasteiger partial charge in [-0.3, -0.25) is 0 Å². The van der Waals surface area contributed by atoms with E-state index in [4.69, 9.17) is 5.11 Å². The predicted octanol–water partition coefficient (Wildman–Crippen LogP) is 2.54. The molecule has 0 amide bonds. The first kappa shape index (κ1) is 12.2. The number of hydrogen-bond donors (Lipinski definition) is 1. The second-order valence-electron chi connectivity index (χ2n) is 3.27. The molecule has 0 atom stereocenters. The number of carbonyl (C=O) groups is 1. The zero-order valence-electron chi connectivity index (χ0n) is 9.11. The van der Waals surface area contributed by atoms with Crippen LogP contribution >= 0.6 is 0 Å². The highest BCUT2D eigenvalue weighted by Gasteiger charge is 2.18. The smallest absolute Gasteiger partial charge is 0.337 e. The number of likely N-dealkylation sites (N-methyl/N-ethyl adjacent to an activating group) is 1. The van der Waals surface area contributed by atoms with Gasteiger partial charge in [0, 0.05) is 13.1 Å². The number of aromatic carboxylic acids is 1. The minimum atomic E-state index is -1.13. The lowest BCUT2D eigenvalue weighted by Gasteiger charge is -2.23. The van der Waals surface area contributed by atoms with E-state index in [0.29, 0.717) is 13.1 Å². The Labute approximate surface area is 93.8 Å². The van der Waals surface area contributed by atoms with Gasteiger partial charge in [-0.25, -0.2) is 9.18 Å². The summed E-state index contributed by atoms with van der Waals surface area (Å²) in [7, 11) is 0. The molecule has 0 unspecified atom stereocenters. The predicted molar refractivity (Wildman–Crippen MR) is 61.4 cm³/mol. The molecule has 3 nitrogen and oxygen atoms in total. The van der Waals surface area contributed by atoms with Crippen molar-refractivity contribution in [3.63, 3.8) is 0 Å². The minimum Gasteiger partial charge on any atom is -0.478 e. The number of anilines is 1. The van der Waals surface area contributed by atoms with Crippen LogP contribution in [0.2, 0.25) is 0 Å². The van der Waals surface area contributed by atoms with Crippen LogP contribution in [-0.4, -0.2) is 24.2 Å². The Balaban J connectivity index is 3.27. The van der Waals surface area contributed by atoms with Crippen LogP contribution in [0.25, 0.3) is 0 Å². The maximum atomic E-state index is 13.6. The lowest BCUT2D eigenvalue weighted by Crippen LogP contribution is -2.25. The molecule has 0 radical (unpaired) electrons. The maximum absolute atomic E-state index is 13.6. The van der Waals surface area contributed by atoms with Crippen molar-refractivity contribution in [3.05, 3.63) is 42.2 Å². The molecule has 1 rings (SSSR count). The Bertz CT molecular complexity index is 404. The normalized spacial score (nSPS) is 9.88. The molecule has 0 heterocycles. The highest BCUT2D eigenvalue weighted by atomic mass is 19.1. The van der Waals surface area contributed by atoms with Gasteiger partial charge >= 0.3 is 5.97 Å². The fourth-order valence-corrected chi connectivity index (χ4v) is 1.54. The van der Waals surface area contributed by atoms with E-state index in [9.17, 15) is 9.18 Å². The van der Waals surface area contributed by atoms with Crippen molar-refractivity contribution in [2.75, 3.05) is 18.0 Å². The first-order valence-electron chi connectivity index (χ1n) is 4.99. The number of hydrogen-bond acceptors (Lipinski definition) is 2. The average molecular weight is 223 g/mol. The van der Waals surface area contributed by atoms with Gasteiger partial charge in [0.05, 0.1) is 11.3 Å². The van der Waals surface area contributed by atoms with Crippen LogP contribution in [0.5, 0.6) is 0 Å². The Morgan fingerprint density at radius 3 is 2.81 bits per heavy atom. The van der Waals surface area contributed by atoms with Crippen molar-refractivity contribution >= 4 is 11.7 Å². The number of benzene rings is 1. The minimum absolute atomic E-state index is 0.0244. The molecular weight excluding hydrogens is 209 g/mol. The summed E-state index contributed by atoms with van der Waals surface area (Å²) >= 11 is 0. The topological polar surface area (TPSA) is 40.5 Å². The van der Waals surface area contributed by atoms with Crippen molar-refractivity contribution in [2.24, 2.45) is 0 Å². The van der Waals surface area contributed by atoms with Crippen LogP contribution in [-0.2, 0) is 0 Å². The third-order valence-electron chi connectivity index (χ3n) is 2.26. The number of halogens is 1. The molecule has 4 heteroatoms. The number of nitrogens with zero attached hydrogens (tertiary/aromatic N) is 1. The first-order valence-corrected chi connectivity index (χ1v) is 4.99. The standard InChI is InChI=1S/C12H14FNO2/c1-3-8-14(4-2)11-9(12(15)16)6-5-7-10(11)13/h3,5-7H,1,4,8H2,2H3,(H,15,16). The van der Waals surface area contributed by atoms with Gasteiger partial charge in [-0.15, -0.1) is 6.58 Å². The molecule has 0 aliphatic rings. The summed E-state index contributed by atoms with van der Waals surface area (Å²) in [5, 5.41) is 8.98. The number of carboxylic acids is 1. The summed E-state index contributed by atoms with van der Waals surface area (Å²) in [6.45, 7) is 6.34. The van der Waals surface area contributed by atoms with Crippen molar-refractivity contribution in [2.45, 2.75) is 6.92 Å². The SMILES string of the molecule is C=CCN(CC)c1c(F)cccc1C(=O)O. The Morgan fingerprint density at radius 1 is 1.62 bits per heavy atom. The van der Waals surface area contributed by atoms with Crippen LogP contribution in [0.1, 0.15) is 17.3 Å². The zero-order chi connectivity index (χ0) is 12.1. The largest absolute Gasteiger partial charge is 0.478 e. The molecule has 0 aromatic heterocycles. The summed E-state index contributed by atoms with van der Waals surface area (Å²) in [5.41, 5.74) is 0.0982. The number of rotatable bonds is 5. The van der Waals surface area contributed by atoms with Crippen LogP contribution in [0.15, 0.2) is 30.9 Å². The van der Waals surface area contributed by atoms with Gasteiger partial charge < -0.3 is 10.0 Å². The molecule has 0 saturated heterocycles. The van der Waals surface area contributed by atoms with Crippen molar-refractivity contribution in [1.29, 1.82) is 0 Å². The first-order chi connectivity index (χ1) is 7.61. The Kier molecular flexibility index (Phi) is 4.05. The van der Waals surface area contributed by atoms with E-state index in [-0.39, 0.29) is 11.3 Å². The van der Waals surface area contributed by atoms with Crippen molar-refractivity contribution in [3.8, 4) is 0 Å². The molecule has 86 valence electrons. The van der Waals surface area contributed by atoms with Gasteiger partial charge in [-0.1, -0.05) is 12.1 Å². The zero-order valence-corrected chi connectivity index (χ0v) is 9.11. The molecule has 0 aliphatic heterocycles. The quantitative estimate of drug-likeness (QED) is 0.780. The van der Waals surface area contributed by atoms with Crippen molar-refractivity contribution in [1.82, 2.24) is 0 Å². The molecule has 0 bridgehead atoms. The second-order valence-corrected chi connectivity index (χ2v) is 3.27. The maximum Gasteiger partial charge on any atom is 0.337 e. The van der Waals surface area contributed by atoms with Crippen molar-refractivity contribution < 1.29 is 14.3 Å². The second kappa shape index (κ2) is 5.30. The van der Waals surface area contributed by atoms with E-state index in [1.54, 1.807) is 11.0 Å². The highest BCUT2D eigenvalue weighted by Crippen LogP contribution is 2.24. The van der Waals surface area contributed by atoms with Gasteiger partial charge in [-0.2, -0.15) is 0 Å². The summed E-state index contributed by atoms with van der Waals surface area (Å²) in [5.74, 6) is -1.65. The lowest BCUT2D eigenvalue weighted by molar-refractivity contribution is 0.0697. The van der Waals surface area contributed by atoms with Gasteiger partial charge in [0.25, 0.3) is 0 Å². The average Bonchev–Trinajstić information content (AvgIpc) is 2.26. The van der Waals surface area contributed by atoms with E-state index in [1.807, 2.05) is 6.92 Å². The van der Waals surface area contributed by atoms with Gasteiger partial charge in [-0.05, 0) is 19.1 Å². The van der Waals surface area contributed by atoms with Crippen LogP contribution < -0.4 is 4.90 Å². The van der Waals surface area contributed by atoms with E-state index in [2.05, 4.69) is 6.58 Å². The molecule has 0 saturated carbocycles. The van der Waals surface area contributed by atoms with Gasteiger partial charge in [0.15, 0.2) is 0 Å². The highest BCUT2D eigenvalue weighted by molar-refractivity contribution is 5.94. The lowest BCUT2D eigenvalue weighted by atomic mass is 10.1. The fraction of sp³-hybridized carbons (Fsp3) is 0.250. The van der Waals surface area contributed by atoms with Crippen LogP contribution in [0.4, 0.5) is 10.1 Å². The fourth-order valence-electron chi connectivity index (χ4n) is 1.54. The molecule has 0 aliphatic carbocycles. The van der Waals surface area contributed by atoms with E-state index in [0.717, 1.165) is 0 Å². The summed E-state index contributed by atoms with van der Waals surface area (Å²) in [4.78, 5) is 12.6. The summed E-state index contributed by atoms with van der Waals surface area (Å²) in [6.07, 6.45) is 1.61. The molecule has 0 fully saturated rings. The molecule has 1 aromatic rings. The monoisotopic (exact) mass is 223 g/mol. The third kappa shape index (κ3) is 2.39. The van der Waals surface area contributed by atoms with E-state index < -0.39 is 11.8 Å². The van der Waals surface area contributed by atoms with E-state index >= 15 is 0 Å². The third-order valence-corrected chi connectivity index (χ3v) is 2.26. The van der Waals surface area contributed by atoms with Gasteiger partial charge in [0.2, 0.25) is 0 Å². The number of para-hydroxylation sites is 1.